The van der Waals surface area contributed by atoms with Crippen molar-refractivity contribution in [3.05, 3.63) is 40.7 Å². The quantitative estimate of drug-likeness (QED) is 0.445. The highest BCUT2D eigenvalue weighted by atomic mass is 32.2. The van der Waals surface area contributed by atoms with Crippen LogP contribution in [0.2, 0.25) is 0 Å². The van der Waals surface area contributed by atoms with Crippen molar-refractivity contribution in [2.45, 2.75) is 10.2 Å². The van der Waals surface area contributed by atoms with Crippen molar-refractivity contribution < 1.29 is 9.34 Å². The standard InChI is InChI=1S/C12H9N5O3S/c1-13-10-9(17(18)19)11(15-6-14-10)21-12-16-7-4-2-3-5-8(7)20-12/h2-6H,1H3,(H,13,14,15). The summed E-state index contributed by atoms with van der Waals surface area (Å²) in [6, 6.07) is 7.25. The maximum atomic E-state index is 11.2. The maximum absolute atomic E-state index is 11.2. The van der Waals surface area contributed by atoms with Crippen LogP contribution in [0.1, 0.15) is 0 Å². The molecule has 0 radical (unpaired) electrons. The predicted octanol–water partition coefficient (Wildman–Crippen LogP) is 2.72. The first-order chi connectivity index (χ1) is 10.2. The van der Waals surface area contributed by atoms with Crippen molar-refractivity contribution in [1.29, 1.82) is 0 Å². The number of para-hydroxylation sites is 2. The number of anilines is 1. The molecule has 106 valence electrons. The predicted molar refractivity (Wildman–Crippen MR) is 76.4 cm³/mol. The molecular formula is C12H9N5O3S. The Kier molecular flexibility index (Phi) is 3.40. The van der Waals surface area contributed by atoms with Gasteiger partial charge >= 0.3 is 5.69 Å². The third-order valence-corrected chi connectivity index (χ3v) is 3.51. The van der Waals surface area contributed by atoms with Gasteiger partial charge in [0.1, 0.15) is 11.8 Å². The summed E-state index contributed by atoms with van der Waals surface area (Å²) in [6.07, 6.45) is 1.25. The molecule has 0 aliphatic heterocycles. The highest BCUT2D eigenvalue weighted by Crippen LogP contribution is 2.36. The van der Waals surface area contributed by atoms with Gasteiger partial charge in [-0.2, -0.15) is 0 Å². The first-order valence-electron chi connectivity index (χ1n) is 5.89. The zero-order valence-corrected chi connectivity index (χ0v) is 11.6. The minimum atomic E-state index is -0.531. The molecule has 0 atom stereocenters. The minimum Gasteiger partial charge on any atom is -0.431 e. The number of hydrogen-bond donors (Lipinski definition) is 1. The van der Waals surface area contributed by atoms with Gasteiger partial charge < -0.3 is 9.73 Å². The van der Waals surface area contributed by atoms with Crippen molar-refractivity contribution in [2.24, 2.45) is 0 Å². The molecule has 1 N–H and O–H groups in total. The van der Waals surface area contributed by atoms with Crippen molar-refractivity contribution >= 4 is 34.4 Å². The largest absolute Gasteiger partial charge is 0.431 e. The molecule has 0 aliphatic rings. The Morgan fingerprint density at radius 3 is 2.86 bits per heavy atom. The lowest BCUT2D eigenvalue weighted by Gasteiger charge is -2.03. The number of fused-ring (bicyclic) bond motifs is 1. The van der Waals surface area contributed by atoms with Crippen LogP contribution in [0.25, 0.3) is 11.1 Å². The molecule has 0 spiro atoms. The van der Waals surface area contributed by atoms with Crippen LogP contribution in [0.4, 0.5) is 11.5 Å². The van der Waals surface area contributed by atoms with E-state index in [0.717, 1.165) is 11.8 Å². The van der Waals surface area contributed by atoms with Gasteiger partial charge in [0.25, 0.3) is 5.22 Å². The summed E-state index contributed by atoms with van der Waals surface area (Å²) in [5.41, 5.74) is 1.10. The fraction of sp³-hybridized carbons (Fsp3) is 0.0833. The normalized spacial score (nSPS) is 10.7. The van der Waals surface area contributed by atoms with Crippen LogP contribution in [-0.2, 0) is 0 Å². The number of benzene rings is 1. The van der Waals surface area contributed by atoms with E-state index in [2.05, 4.69) is 20.3 Å². The van der Waals surface area contributed by atoms with Crippen LogP contribution < -0.4 is 5.32 Å². The topological polar surface area (TPSA) is 107 Å². The van der Waals surface area contributed by atoms with Crippen molar-refractivity contribution in [1.82, 2.24) is 15.0 Å². The van der Waals surface area contributed by atoms with Crippen molar-refractivity contribution in [2.75, 3.05) is 12.4 Å². The van der Waals surface area contributed by atoms with E-state index in [1.165, 1.54) is 6.33 Å². The monoisotopic (exact) mass is 303 g/mol. The molecule has 3 rings (SSSR count). The van der Waals surface area contributed by atoms with E-state index in [0.29, 0.717) is 16.3 Å². The Morgan fingerprint density at radius 1 is 1.33 bits per heavy atom. The molecule has 8 nitrogen and oxygen atoms in total. The SMILES string of the molecule is CNc1ncnc(Sc2nc3ccccc3o2)c1[N+](=O)[O-]. The number of aromatic nitrogens is 3. The summed E-state index contributed by atoms with van der Waals surface area (Å²) < 4.78 is 5.53. The minimum absolute atomic E-state index is 0.147. The number of rotatable bonds is 4. The van der Waals surface area contributed by atoms with Crippen LogP contribution in [0.5, 0.6) is 0 Å². The van der Waals surface area contributed by atoms with E-state index in [1.807, 2.05) is 12.1 Å². The molecule has 0 amide bonds. The number of oxazole rings is 1. The first kappa shape index (κ1) is 13.3. The third kappa shape index (κ3) is 2.50. The van der Waals surface area contributed by atoms with E-state index in [9.17, 15) is 10.1 Å². The Hall–Kier alpha value is -2.68. The number of nitrogens with zero attached hydrogens (tertiary/aromatic N) is 4. The number of nitrogens with one attached hydrogen (secondary N) is 1. The van der Waals surface area contributed by atoms with Gasteiger partial charge in [0.2, 0.25) is 5.82 Å². The zero-order chi connectivity index (χ0) is 14.8. The van der Waals surface area contributed by atoms with Crippen molar-refractivity contribution in [3.8, 4) is 0 Å². The van der Waals surface area contributed by atoms with Gasteiger partial charge in [-0.25, -0.2) is 15.0 Å². The highest BCUT2D eigenvalue weighted by Gasteiger charge is 2.24. The molecule has 21 heavy (non-hydrogen) atoms. The van der Waals surface area contributed by atoms with E-state index < -0.39 is 4.92 Å². The lowest BCUT2D eigenvalue weighted by atomic mass is 10.3. The number of hydrogen-bond acceptors (Lipinski definition) is 8. The second kappa shape index (κ2) is 5.37. The molecule has 2 heterocycles. The zero-order valence-electron chi connectivity index (χ0n) is 10.8. The molecule has 0 saturated heterocycles. The van der Waals surface area contributed by atoms with Crippen LogP contribution in [-0.4, -0.2) is 26.9 Å². The second-order valence-corrected chi connectivity index (χ2v) is 4.87. The molecule has 3 aromatic rings. The fourth-order valence-corrected chi connectivity index (χ4v) is 2.57. The molecule has 2 aromatic heterocycles. The summed E-state index contributed by atoms with van der Waals surface area (Å²) in [4.78, 5) is 22.7. The molecule has 1 aromatic carbocycles. The molecule has 0 bridgehead atoms. The molecule has 0 saturated carbocycles. The van der Waals surface area contributed by atoms with Crippen LogP contribution in [0.15, 0.2) is 45.3 Å². The summed E-state index contributed by atoms with van der Waals surface area (Å²) in [7, 11) is 1.56. The lowest BCUT2D eigenvalue weighted by Crippen LogP contribution is -2.02. The third-order valence-electron chi connectivity index (χ3n) is 2.67. The van der Waals surface area contributed by atoms with Gasteiger partial charge in [-0.05, 0) is 23.9 Å². The summed E-state index contributed by atoms with van der Waals surface area (Å²) in [6.45, 7) is 0. The molecular weight excluding hydrogens is 294 g/mol. The Balaban J connectivity index is 2.03. The smallest absolute Gasteiger partial charge is 0.343 e. The Labute approximate surface area is 122 Å². The van der Waals surface area contributed by atoms with E-state index in [1.54, 1.807) is 19.2 Å². The number of nitro groups is 1. The lowest BCUT2D eigenvalue weighted by molar-refractivity contribution is -0.387. The van der Waals surface area contributed by atoms with Gasteiger partial charge in [0, 0.05) is 7.05 Å². The average Bonchev–Trinajstić information content (AvgIpc) is 2.88. The van der Waals surface area contributed by atoms with Crippen LogP contribution >= 0.6 is 11.8 Å². The molecule has 9 heteroatoms. The van der Waals surface area contributed by atoms with Gasteiger partial charge in [-0.1, -0.05) is 12.1 Å². The van der Waals surface area contributed by atoms with Crippen LogP contribution in [0, 0.1) is 10.1 Å². The molecule has 0 fully saturated rings. The van der Waals surface area contributed by atoms with Gasteiger partial charge in [0.05, 0.1) is 4.92 Å². The summed E-state index contributed by atoms with van der Waals surface area (Å²) in [5.74, 6) is 0.147. The van der Waals surface area contributed by atoms with Crippen molar-refractivity contribution in [3.63, 3.8) is 0 Å². The second-order valence-electron chi connectivity index (χ2n) is 3.93. The Bertz CT molecular complexity index is 787. The first-order valence-corrected chi connectivity index (χ1v) is 6.71. The molecule has 0 unspecified atom stereocenters. The highest BCUT2D eigenvalue weighted by molar-refractivity contribution is 7.99. The van der Waals surface area contributed by atoms with E-state index >= 15 is 0 Å². The fourth-order valence-electron chi connectivity index (χ4n) is 1.76. The average molecular weight is 303 g/mol. The van der Waals surface area contributed by atoms with Gasteiger partial charge in [-0.3, -0.25) is 10.1 Å². The van der Waals surface area contributed by atoms with Gasteiger partial charge in [-0.15, -0.1) is 0 Å². The maximum Gasteiger partial charge on any atom is 0.343 e. The molecule has 0 aliphatic carbocycles. The van der Waals surface area contributed by atoms with Crippen LogP contribution in [0.3, 0.4) is 0 Å². The van der Waals surface area contributed by atoms with Gasteiger partial charge in [0.15, 0.2) is 10.6 Å². The van der Waals surface area contributed by atoms with E-state index in [4.69, 9.17) is 4.42 Å². The summed E-state index contributed by atoms with van der Waals surface area (Å²) >= 11 is 0.987. The summed E-state index contributed by atoms with van der Waals surface area (Å²) in [5, 5.41) is 14.3. The Morgan fingerprint density at radius 2 is 2.14 bits per heavy atom. The van der Waals surface area contributed by atoms with E-state index in [-0.39, 0.29) is 16.5 Å².